The third-order valence-corrected chi connectivity index (χ3v) is 6.74. The maximum Gasteiger partial charge on any atom is 0.250 e. The van der Waals surface area contributed by atoms with Crippen LogP contribution in [0.15, 0.2) is 50.5 Å². The fourth-order valence-corrected chi connectivity index (χ4v) is 5.41. The van der Waals surface area contributed by atoms with Gasteiger partial charge >= 0.3 is 0 Å². The molecule has 19 heavy (non-hydrogen) atoms. The molecule has 0 amide bonds. The number of rotatable bonds is 4. The predicted octanol–water partition coefficient (Wildman–Crippen LogP) is 3.35. The third-order valence-electron chi connectivity index (χ3n) is 3.14. The van der Waals surface area contributed by atoms with E-state index in [1.165, 1.54) is 16.9 Å². The minimum absolute atomic E-state index is 0.0216. The van der Waals surface area contributed by atoms with Crippen molar-refractivity contribution in [3.05, 3.63) is 51.8 Å². The number of nitrogens with one attached hydrogen (secondary N) is 1. The van der Waals surface area contributed by atoms with Gasteiger partial charge in [-0.25, -0.2) is 13.1 Å². The van der Waals surface area contributed by atoms with Gasteiger partial charge in [0.1, 0.15) is 4.21 Å². The molecule has 1 aliphatic rings. The second kappa shape index (κ2) is 5.01. The summed E-state index contributed by atoms with van der Waals surface area (Å²) in [4.78, 5) is 0. The Labute approximate surface area is 124 Å². The second-order valence-electron chi connectivity index (χ2n) is 4.54. The molecule has 1 saturated carbocycles. The highest BCUT2D eigenvalue weighted by molar-refractivity contribution is 9.11. The molecule has 0 radical (unpaired) electrons. The van der Waals surface area contributed by atoms with Crippen molar-refractivity contribution in [3.8, 4) is 0 Å². The lowest BCUT2D eigenvalue weighted by molar-refractivity contribution is 0.582. The van der Waals surface area contributed by atoms with Crippen LogP contribution in [0.25, 0.3) is 0 Å². The lowest BCUT2D eigenvalue weighted by atomic mass is 10.1. The van der Waals surface area contributed by atoms with Crippen molar-refractivity contribution in [1.29, 1.82) is 0 Å². The highest BCUT2D eigenvalue weighted by atomic mass is 79.9. The van der Waals surface area contributed by atoms with Crippen LogP contribution in [0.4, 0.5) is 0 Å². The largest absolute Gasteiger partial charge is 0.250 e. The molecule has 1 N–H and O–H groups in total. The molecule has 0 unspecified atom stereocenters. The van der Waals surface area contributed by atoms with Gasteiger partial charge in [-0.2, -0.15) is 0 Å². The molecule has 0 aliphatic heterocycles. The van der Waals surface area contributed by atoms with Crippen molar-refractivity contribution < 1.29 is 8.42 Å². The molecule has 3 nitrogen and oxygen atoms in total. The van der Waals surface area contributed by atoms with E-state index in [0.717, 1.165) is 10.2 Å². The van der Waals surface area contributed by atoms with E-state index in [-0.39, 0.29) is 6.04 Å². The molecule has 1 fully saturated rings. The van der Waals surface area contributed by atoms with E-state index in [1.54, 1.807) is 12.1 Å². The van der Waals surface area contributed by atoms with Crippen molar-refractivity contribution >= 4 is 37.3 Å². The van der Waals surface area contributed by atoms with E-state index in [9.17, 15) is 8.42 Å². The summed E-state index contributed by atoms with van der Waals surface area (Å²) >= 11 is 4.51. The van der Waals surface area contributed by atoms with E-state index in [4.69, 9.17) is 0 Å². The molecule has 2 aromatic rings. The highest BCUT2D eigenvalue weighted by Gasteiger charge is 2.41. The summed E-state index contributed by atoms with van der Waals surface area (Å²) in [7, 11) is -3.38. The minimum Gasteiger partial charge on any atom is -0.207 e. The van der Waals surface area contributed by atoms with Gasteiger partial charge in [0.05, 0.1) is 3.79 Å². The minimum atomic E-state index is -3.38. The fraction of sp³-hybridized carbons (Fsp3) is 0.231. The van der Waals surface area contributed by atoms with Crippen LogP contribution in [0.3, 0.4) is 0 Å². The van der Waals surface area contributed by atoms with Crippen molar-refractivity contribution in [2.24, 2.45) is 0 Å². The smallest absolute Gasteiger partial charge is 0.207 e. The van der Waals surface area contributed by atoms with Gasteiger partial charge in [0.2, 0.25) is 10.0 Å². The number of thiophene rings is 1. The zero-order valence-electron chi connectivity index (χ0n) is 9.91. The maximum atomic E-state index is 12.2. The van der Waals surface area contributed by atoms with E-state index in [0.29, 0.717) is 10.1 Å². The van der Waals surface area contributed by atoms with E-state index < -0.39 is 10.0 Å². The molecule has 1 heterocycles. The number of hydrogen-bond donors (Lipinski definition) is 1. The van der Waals surface area contributed by atoms with Gasteiger partial charge in [0.15, 0.2) is 0 Å². The normalized spacial score (nSPS) is 22.4. The van der Waals surface area contributed by atoms with Crippen LogP contribution >= 0.6 is 27.3 Å². The third kappa shape index (κ3) is 2.91. The van der Waals surface area contributed by atoms with Gasteiger partial charge < -0.3 is 0 Å². The van der Waals surface area contributed by atoms with E-state index in [2.05, 4.69) is 20.7 Å². The molecular formula is C13H12BrNO2S2. The lowest BCUT2D eigenvalue weighted by Gasteiger charge is -2.04. The van der Waals surface area contributed by atoms with E-state index >= 15 is 0 Å². The number of hydrogen-bond acceptors (Lipinski definition) is 3. The zero-order chi connectivity index (χ0) is 13.5. The maximum absolute atomic E-state index is 12.2. The Morgan fingerprint density at radius 2 is 1.89 bits per heavy atom. The van der Waals surface area contributed by atoms with E-state index in [1.807, 2.05) is 30.3 Å². The molecule has 0 spiro atoms. The summed E-state index contributed by atoms with van der Waals surface area (Å²) in [5.41, 5.74) is 1.20. The number of sulfonamides is 1. The van der Waals surface area contributed by atoms with Gasteiger partial charge in [-0.05, 0) is 40.0 Å². The Morgan fingerprint density at radius 3 is 2.53 bits per heavy atom. The molecule has 2 atom stereocenters. The lowest BCUT2D eigenvalue weighted by Crippen LogP contribution is -2.26. The monoisotopic (exact) mass is 357 g/mol. The molecule has 100 valence electrons. The summed E-state index contributed by atoms with van der Waals surface area (Å²) in [6.07, 6.45) is 0.871. The first kappa shape index (κ1) is 13.3. The Bertz CT molecular complexity index is 682. The zero-order valence-corrected chi connectivity index (χ0v) is 13.1. The number of halogens is 1. The quantitative estimate of drug-likeness (QED) is 0.911. The molecule has 1 aromatic carbocycles. The molecule has 0 saturated heterocycles. The van der Waals surface area contributed by atoms with Gasteiger partial charge in [0.25, 0.3) is 0 Å². The molecule has 1 aliphatic carbocycles. The Hall–Kier alpha value is -0.690. The summed E-state index contributed by atoms with van der Waals surface area (Å²) in [6.45, 7) is 0. The first-order chi connectivity index (χ1) is 9.06. The van der Waals surface area contributed by atoms with Crippen molar-refractivity contribution in [2.45, 2.75) is 22.6 Å². The van der Waals surface area contributed by atoms with Gasteiger partial charge in [-0.1, -0.05) is 30.3 Å². The summed E-state index contributed by atoms with van der Waals surface area (Å²) in [5, 5.41) is 0. The van der Waals surface area contributed by atoms with Crippen LogP contribution in [-0.2, 0) is 10.0 Å². The topological polar surface area (TPSA) is 46.2 Å². The molecule has 1 aromatic heterocycles. The average molecular weight is 358 g/mol. The SMILES string of the molecule is O=S(=O)(N[C@@H]1C[C@H]1c1ccccc1)c1ccc(Br)s1. The van der Waals surface area contributed by atoms with Crippen LogP contribution in [0.5, 0.6) is 0 Å². The Morgan fingerprint density at radius 1 is 1.16 bits per heavy atom. The van der Waals surface area contributed by atoms with Crippen molar-refractivity contribution in [2.75, 3.05) is 0 Å². The van der Waals surface area contributed by atoms with Gasteiger partial charge in [-0.15, -0.1) is 11.3 Å². The molecule has 0 bridgehead atoms. The standard InChI is InChI=1S/C13H12BrNO2S2/c14-12-6-7-13(18-12)19(16,17)15-11-8-10(11)9-4-2-1-3-5-9/h1-7,10-11,15H,8H2/t10-,11+/m0/s1. The van der Waals surface area contributed by atoms with Crippen LogP contribution in [-0.4, -0.2) is 14.5 Å². The Kier molecular flexibility index (Phi) is 3.51. The van der Waals surface area contributed by atoms with Crippen LogP contribution in [0, 0.1) is 0 Å². The summed E-state index contributed by atoms with van der Waals surface area (Å²) < 4.78 is 28.3. The highest BCUT2D eigenvalue weighted by Crippen LogP contribution is 2.41. The first-order valence-corrected chi connectivity index (χ1v) is 8.98. The summed E-state index contributed by atoms with van der Waals surface area (Å²) in [6, 6.07) is 13.4. The van der Waals surface area contributed by atoms with Crippen LogP contribution in [0.2, 0.25) is 0 Å². The predicted molar refractivity (Wildman–Crippen MR) is 79.9 cm³/mol. The summed E-state index contributed by atoms with van der Waals surface area (Å²) in [5.74, 6) is 0.305. The van der Waals surface area contributed by atoms with Crippen molar-refractivity contribution in [3.63, 3.8) is 0 Å². The van der Waals surface area contributed by atoms with Gasteiger partial charge in [0, 0.05) is 12.0 Å². The van der Waals surface area contributed by atoms with Crippen molar-refractivity contribution in [1.82, 2.24) is 4.72 Å². The fourth-order valence-electron chi connectivity index (χ4n) is 2.09. The average Bonchev–Trinajstić information content (AvgIpc) is 2.99. The second-order valence-corrected chi connectivity index (χ2v) is 8.94. The van der Waals surface area contributed by atoms with Crippen LogP contribution in [0.1, 0.15) is 17.9 Å². The molecular weight excluding hydrogens is 346 g/mol. The molecule has 6 heteroatoms. The molecule has 3 rings (SSSR count). The van der Waals surface area contributed by atoms with Crippen LogP contribution < -0.4 is 4.72 Å². The Balaban J connectivity index is 1.71. The first-order valence-electron chi connectivity index (χ1n) is 5.89. The van der Waals surface area contributed by atoms with Gasteiger partial charge in [-0.3, -0.25) is 0 Å². The number of benzene rings is 1.